The number of aromatic nitrogens is 3. The average molecular weight is 629 g/mol. The van der Waals surface area contributed by atoms with Crippen LogP contribution < -0.4 is 10.7 Å². The maximum atomic E-state index is 13.3. The molecule has 2 heterocycles. The van der Waals surface area contributed by atoms with Gasteiger partial charge in [-0.05, 0) is 53.2 Å². The Morgan fingerprint density at radius 2 is 1.86 bits per heavy atom. The van der Waals surface area contributed by atoms with Crippen LogP contribution in [0.5, 0.6) is 0 Å². The Morgan fingerprint density at radius 1 is 1.14 bits per heavy atom. The molecule has 2 aromatic heterocycles. The Balaban J connectivity index is 2.00. The molecule has 3 aromatic rings. The second kappa shape index (κ2) is 11.0. The minimum atomic E-state index is -1.09. The molecule has 0 fully saturated rings. The van der Waals surface area contributed by atoms with E-state index in [1.54, 1.807) is 25.1 Å². The third kappa shape index (κ3) is 5.86. The van der Waals surface area contributed by atoms with Gasteiger partial charge in [0.15, 0.2) is 5.82 Å². The van der Waals surface area contributed by atoms with Crippen molar-refractivity contribution in [3.05, 3.63) is 67.4 Å². The van der Waals surface area contributed by atoms with Crippen LogP contribution in [0.4, 0.5) is 10.5 Å². The van der Waals surface area contributed by atoms with E-state index in [2.05, 4.69) is 57.4 Å². The van der Waals surface area contributed by atoms with Gasteiger partial charge in [-0.15, -0.1) is 0 Å². The number of amides is 4. The van der Waals surface area contributed by atoms with Gasteiger partial charge in [0, 0.05) is 22.1 Å². The Morgan fingerprint density at radius 3 is 2.49 bits per heavy atom. The van der Waals surface area contributed by atoms with Gasteiger partial charge < -0.3 is 10.1 Å². The molecule has 0 aliphatic carbocycles. The molecule has 0 radical (unpaired) electrons. The van der Waals surface area contributed by atoms with Gasteiger partial charge in [0.25, 0.3) is 11.8 Å². The van der Waals surface area contributed by atoms with Crippen LogP contribution in [-0.2, 0) is 9.53 Å². The maximum Gasteiger partial charge on any atom is 0.435 e. The van der Waals surface area contributed by atoms with Crippen molar-refractivity contribution in [1.82, 2.24) is 25.2 Å². The lowest BCUT2D eigenvalue weighted by Crippen LogP contribution is -2.49. The quantitative estimate of drug-likeness (QED) is 0.412. The molecular weight excluding hydrogens is 612 g/mol. The summed E-state index contributed by atoms with van der Waals surface area (Å²) in [5.74, 6) is -2.02. The summed E-state index contributed by atoms with van der Waals surface area (Å²) in [7, 11) is 1.06. The SMILES string of the molecule is COC(=O)N(NC(=O)c1cc(Br)cc(Br)c1NC(=O)c1cc(C)nn1-c1ncccc1Cl)C(C)=O. The van der Waals surface area contributed by atoms with Crippen LogP contribution >= 0.6 is 43.5 Å². The molecule has 35 heavy (non-hydrogen) atoms. The molecule has 0 atom stereocenters. The highest BCUT2D eigenvalue weighted by Gasteiger charge is 2.26. The number of imide groups is 1. The highest BCUT2D eigenvalue weighted by molar-refractivity contribution is 9.11. The summed E-state index contributed by atoms with van der Waals surface area (Å²) in [5.41, 5.74) is 2.81. The molecule has 11 nitrogen and oxygen atoms in total. The Kier molecular flexibility index (Phi) is 8.25. The molecule has 0 spiro atoms. The van der Waals surface area contributed by atoms with Crippen molar-refractivity contribution < 1.29 is 23.9 Å². The Bertz CT molecular complexity index is 1350. The minimum absolute atomic E-state index is 0.0617. The number of rotatable bonds is 4. The maximum absolute atomic E-state index is 13.3. The van der Waals surface area contributed by atoms with E-state index in [4.69, 9.17) is 11.6 Å². The number of hydrazine groups is 1. The normalized spacial score (nSPS) is 10.5. The van der Waals surface area contributed by atoms with E-state index in [0.717, 1.165) is 14.0 Å². The van der Waals surface area contributed by atoms with Crippen LogP contribution in [0, 0.1) is 6.92 Å². The standard InChI is InChI=1S/C21H17Br2ClN6O5/c1-10-7-16(30(27-10)18-15(24)5-4-6-25-18)20(33)26-17-13(8-12(22)9-14(17)23)19(32)28-29(11(2)31)21(34)35-3/h4-9H,1-3H3,(H,26,33)(H,28,32). The minimum Gasteiger partial charge on any atom is -0.451 e. The van der Waals surface area contributed by atoms with Crippen LogP contribution in [0.15, 0.2) is 45.5 Å². The first-order valence-corrected chi connectivity index (χ1v) is 11.7. The molecule has 0 saturated carbocycles. The number of methoxy groups -OCH3 is 1. The number of aryl methyl sites for hydroxylation is 1. The molecule has 182 valence electrons. The van der Waals surface area contributed by atoms with Crippen LogP contribution in [0.1, 0.15) is 33.5 Å². The van der Waals surface area contributed by atoms with E-state index < -0.39 is 23.8 Å². The molecule has 14 heteroatoms. The number of anilines is 1. The smallest absolute Gasteiger partial charge is 0.435 e. The molecule has 0 aliphatic rings. The van der Waals surface area contributed by atoms with Crippen LogP contribution in [-0.4, -0.2) is 50.7 Å². The second-order valence-electron chi connectivity index (χ2n) is 6.92. The Labute approximate surface area is 221 Å². The monoisotopic (exact) mass is 626 g/mol. The number of hydrogen-bond donors (Lipinski definition) is 2. The predicted octanol–water partition coefficient (Wildman–Crippen LogP) is 4.27. The molecular formula is C21H17Br2ClN6O5. The largest absolute Gasteiger partial charge is 0.451 e. The fourth-order valence-electron chi connectivity index (χ4n) is 2.92. The van der Waals surface area contributed by atoms with Gasteiger partial charge in [-0.2, -0.15) is 10.1 Å². The van der Waals surface area contributed by atoms with Gasteiger partial charge in [0.1, 0.15) is 5.69 Å². The summed E-state index contributed by atoms with van der Waals surface area (Å²) < 4.78 is 6.63. The van der Waals surface area contributed by atoms with Gasteiger partial charge >= 0.3 is 6.09 Å². The van der Waals surface area contributed by atoms with Crippen molar-refractivity contribution in [1.29, 1.82) is 0 Å². The van der Waals surface area contributed by atoms with Gasteiger partial charge in [0.2, 0.25) is 5.91 Å². The van der Waals surface area contributed by atoms with E-state index in [1.807, 2.05) is 0 Å². The van der Waals surface area contributed by atoms with Crippen LogP contribution in [0.2, 0.25) is 5.02 Å². The molecule has 0 saturated heterocycles. The van der Waals surface area contributed by atoms with E-state index in [0.29, 0.717) is 19.6 Å². The van der Waals surface area contributed by atoms with Gasteiger partial charge in [0.05, 0.1) is 29.1 Å². The molecule has 0 bridgehead atoms. The van der Waals surface area contributed by atoms with Crippen LogP contribution in [0.25, 0.3) is 5.82 Å². The van der Waals surface area contributed by atoms with Crippen molar-refractivity contribution in [3.63, 3.8) is 0 Å². The average Bonchev–Trinajstić information content (AvgIpc) is 3.19. The van der Waals surface area contributed by atoms with Gasteiger partial charge in [-0.25, -0.2) is 14.5 Å². The zero-order valence-electron chi connectivity index (χ0n) is 18.4. The lowest BCUT2D eigenvalue weighted by Gasteiger charge is -2.20. The molecule has 0 aliphatic heterocycles. The first-order chi connectivity index (χ1) is 16.5. The van der Waals surface area contributed by atoms with Gasteiger partial charge in [-0.1, -0.05) is 27.5 Å². The van der Waals surface area contributed by atoms with E-state index >= 15 is 0 Å². The summed E-state index contributed by atoms with van der Waals surface area (Å²) in [5, 5.41) is 7.66. The summed E-state index contributed by atoms with van der Waals surface area (Å²) >= 11 is 12.9. The topological polar surface area (TPSA) is 136 Å². The number of nitrogens with zero attached hydrogens (tertiary/aromatic N) is 4. The summed E-state index contributed by atoms with van der Waals surface area (Å²) in [6.45, 7) is 2.77. The highest BCUT2D eigenvalue weighted by atomic mass is 79.9. The number of ether oxygens (including phenoxy) is 1. The second-order valence-corrected chi connectivity index (χ2v) is 9.10. The molecule has 2 N–H and O–H groups in total. The zero-order chi connectivity index (χ0) is 25.9. The fourth-order valence-corrected chi connectivity index (χ4v) is 4.45. The highest BCUT2D eigenvalue weighted by Crippen LogP contribution is 2.32. The lowest BCUT2D eigenvalue weighted by molar-refractivity contribution is -0.129. The lowest BCUT2D eigenvalue weighted by atomic mass is 10.1. The number of carbonyl (C=O) groups is 4. The summed E-state index contributed by atoms with van der Waals surface area (Å²) in [6.07, 6.45) is 0.424. The van der Waals surface area contributed by atoms with Gasteiger partial charge in [-0.3, -0.25) is 19.8 Å². The number of pyridine rings is 1. The Hall–Kier alpha value is -3.29. The summed E-state index contributed by atoms with van der Waals surface area (Å²) in [4.78, 5) is 54.1. The van der Waals surface area contributed by atoms with Crippen LogP contribution in [0.3, 0.4) is 0 Å². The van der Waals surface area contributed by atoms with E-state index in [9.17, 15) is 19.2 Å². The third-order valence-electron chi connectivity index (χ3n) is 4.43. The number of halogens is 3. The van der Waals surface area contributed by atoms with Crippen molar-refractivity contribution in [2.45, 2.75) is 13.8 Å². The van der Waals surface area contributed by atoms with Crippen molar-refractivity contribution in [2.75, 3.05) is 12.4 Å². The number of hydrogen-bond acceptors (Lipinski definition) is 7. The number of carbonyl (C=O) groups excluding carboxylic acids is 4. The fraction of sp³-hybridized carbons (Fsp3) is 0.143. The first kappa shape index (κ1) is 26.3. The van der Waals surface area contributed by atoms with Crippen molar-refractivity contribution >= 4 is 73.0 Å². The van der Waals surface area contributed by atoms with Crippen molar-refractivity contribution in [3.8, 4) is 5.82 Å². The van der Waals surface area contributed by atoms with E-state index in [1.165, 1.54) is 23.0 Å². The zero-order valence-corrected chi connectivity index (χ0v) is 22.4. The van der Waals surface area contributed by atoms with Crippen molar-refractivity contribution in [2.24, 2.45) is 0 Å². The first-order valence-electron chi connectivity index (χ1n) is 9.71. The molecule has 0 unspecified atom stereocenters. The predicted molar refractivity (Wildman–Crippen MR) is 133 cm³/mol. The molecule has 1 aromatic carbocycles. The van der Waals surface area contributed by atoms with E-state index in [-0.39, 0.29) is 27.8 Å². The number of benzene rings is 1. The summed E-state index contributed by atoms with van der Waals surface area (Å²) in [6, 6.07) is 7.79. The molecule has 3 rings (SSSR count). The third-order valence-corrected chi connectivity index (χ3v) is 5.81. The molecule has 4 amide bonds. The number of nitrogens with one attached hydrogen (secondary N) is 2.